The predicted molar refractivity (Wildman–Crippen MR) is 66.9 cm³/mol. The molecule has 0 amide bonds. The Morgan fingerprint density at radius 2 is 1.87 bits per heavy atom. The van der Waals surface area contributed by atoms with Crippen LogP contribution in [0.1, 0.15) is 46.5 Å². The second-order valence-corrected chi connectivity index (χ2v) is 5.93. The molecule has 1 atom stereocenters. The lowest BCUT2D eigenvalue weighted by Crippen LogP contribution is -2.35. The van der Waals surface area contributed by atoms with Crippen molar-refractivity contribution in [1.29, 1.82) is 0 Å². The second kappa shape index (κ2) is 5.31. The van der Waals surface area contributed by atoms with Crippen LogP contribution in [0.5, 0.6) is 0 Å². The van der Waals surface area contributed by atoms with Gasteiger partial charge < -0.3 is 10.6 Å². The molecule has 0 aromatic heterocycles. The van der Waals surface area contributed by atoms with Crippen LogP contribution < -0.4 is 5.73 Å². The maximum Gasteiger partial charge on any atom is 0.00665 e. The van der Waals surface area contributed by atoms with Gasteiger partial charge in [-0.05, 0) is 57.5 Å². The van der Waals surface area contributed by atoms with Crippen molar-refractivity contribution in [2.24, 2.45) is 17.1 Å². The minimum absolute atomic E-state index is 0.592. The van der Waals surface area contributed by atoms with Crippen molar-refractivity contribution in [1.82, 2.24) is 4.90 Å². The molecule has 0 aromatic carbocycles. The number of hydrogen-bond acceptors (Lipinski definition) is 2. The third-order valence-corrected chi connectivity index (χ3v) is 3.78. The van der Waals surface area contributed by atoms with Gasteiger partial charge >= 0.3 is 0 Å². The Balaban J connectivity index is 2.31. The molecule has 1 rings (SSSR count). The Hall–Kier alpha value is -0.0800. The summed E-state index contributed by atoms with van der Waals surface area (Å²) in [6.07, 6.45) is 5.30. The van der Waals surface area contributed by atoms with Crippen LogP contribution in [-0.2, 0) is 0 Å². The zero-order valence-electron chi connectivity index (χ0n) is 10.9. The largest absolute Gasteiger partial charge is 0.330 e. The van der Waals surface area contributed by atoms with E-state index in [1.165, 1.54) is 32.2 Å². The summed E-state index contributed by atoms with van der Waals surface area (Å²) in [4.78, 5) is 2.53. The molecule has 90 valence electrons. The average Bonchev–Trinajstić information content (AvgIpc) is 2.84. The molecular formula is C13H28N2. The lowest BCUT2D eigenvalue weighted by molar-refractivity contribution is 0.183. The van der Waals surface area contributed by atoms with Gasteiger partial charge in [0.05, 0.1) is 0 Å². The third kappa shape index (κ3) is 4.12. The molecule has 1 aliphatic rings. The lowest BCUT2D eigenvalue weighted by Gasteiger charge is -2.30. The van der Waals surface area contributed by atoms with Crippen LogP contribution in [0.2, 0.25) is 0 Å². The Labute approximate surface area is 95.2 Å². The van der Waals surface area contributed by atoms with Gasteiger partial charge in [-0.1, -0.05) is 13.8 Å². The highest BCUT2D eigenvalue weighted by molar-refractivity contribution is 4.95. The molecular weight excluding hydrogens is 184 g/mol. The van der Waals surface area contributed by atoms with E-state index in [4.69, 9.17) is 5.73 Å². The fraction of sp³-hybridized carbons (Fsp3) is 1.00. The van der Waals surface area contributed by atoms with Gasteiger partial charge in [0.2, 0.25) is 0 Å². The maximum atomic E-state index is 5.67. The van der Waals surface area contributed by atoms with Crippen LogP contribution in [0, 0.1) is 11.3 Å². The van der Waals surface area contributed by atoms with Crippen molar-refractivity contribution in [3.05, 3.63) is 0 Å². The van der Waals surface area contributed by atoms with E-state index < -0.39 is 0 Å². The van der Waals surface area contributed by atoms with Crippen molar-refractivity contribution in [2.75, 3.05) is 20.1 Å². The first-order chi connectivity index (χ1) is 6.99. The van der Waals surface area contributed by atoms with Gasteiger partial charge in [-0.2, -0.15) is 0 Å². The monoisotopic (exact) mass is 212 g/mol. The molecule has 0 spiro atoms. The molecule has 0 aromatic rings. The van der Waals surface area contributed by atoms with Gasteiger partial charge in [-0.15, -0.1) is 0 Å². The van der Waals surface area contributed by atoms with Gasteiger partial charge in [0.25, 0.3) is 0 Å². The van der Waals surface area contributed by atoms with Crippen molar-refractivity contribution in [2.45, 2.75) is 52.5 Å². The highest BCUT2D eigenvalue weighted by atomic mass is 15.1. The molecule has 2 heteroatoms. The predicted octanol–water partition coefficient (Wildman–Crippen LogP) is 2.48. The smallest absolute Gasteiger partial charge is 0.00665 e. The summed E-state index contributed by atoms with van der Waals surface area (Å²) in [5.74, 6) is 0.798. The van der Waals surface area contributed by atoms with E-state index in [1.54, 1.807) is 0 Å². The molecule has 2 nitrogen and oxygen atoms in total. The Kier molecular flexibility index (Phi) is 4.60. The van der Waals surface area contributed by atoms with Gasteiger partial charge in [-0.25, -0.2) is 0 Å². The summed E-state index contributed by atoms with van der Waals surface area (Å²) in [7, 11) is 2.27. The summed E-state index contributed by atoms with van der Waals surface area (Å²) in [5.41, 5.74) is 6.26. The summed E-state index contributed by atoms with van der Waals surface area (Å²) >= 11 is 0. The molecule has 0 aliphatic heterocycles. The lowest BCUT2D eigenvalue weighted by atomic mass is 9.99. The van der Waals surface area contributed by atoms with Crippen LogP contribution in [0.3, 0.4) is 0 Å². The molecule has 0 saturated heterocycles. The van der Waals surface area contributed by atoms with Gasteiger partial charge in [0, 0.05) is 12.6 Å². The second-order valence-electron chi connectivity index (χ2n) is 5.93. The standard InChI is InChI=1S/C13H28N2/c1-11(2)9-12(3)15(4)10-13(5-6-13)7-8-14/h11-12H,5-10,14H2,1-4H3. The van der Waals surface area contributed by atoms with E-state index in [0.717, 1.165) is 12.5 Å². The Bertz CT molecular complexity index is 185. The number of rotatable bonds is 7. The molecule has 15 heavy (non-hydrogen) atoms. The SMILES string of the molecule is CC(C)CC(C)N(C)CC1(CCN)CC1. The topological polar surface area (TPSA) is 29.3 Å². The maximum absolute atomic E-state index is 5.67. The zero-order chi connectivity index (χ0) is 11.5. The molecule has 1 unspecified atom stereocenters. The minimum Gasteiger partial charge on any atom is -0.330 e. The summed E-state index contributed by atoms with van der Waals surface area (Å²) in [6, 6.07) is 0.709. The van der Waals surface area contributed by atoms with Crippen LogP contribution in [-0.4, -0.2) is 31.1 Å². The highest BCUT2D eigenvalue weighted by Crippen LogP contribution is 2.49. The normalized spacial score (nSPS) is 21.0. The van der Waals surface area contributed by atoms with Crippen LogP contribution in [0.25, 0.3) is 0 Å². The molecule has 1 saturated carbocycles. The van der Waals surface area contributed by atoms with Crippen molar-refractivity contribution < 1.29 is 0 Å². The Morgan fingerprint density at radius 1 is 1.27 bits per heavy atom. The number of nitrogens with two attached hydrogens (primary N) is 1. The first-order valence-corrected chi connectivity index (χ1v) is 6.39. The minimum atomic E-state index is 0.592. The van der Waals surface area contributed by atoms with E-state index in [9.17, 15) is 0 Å². The first-order valence-electron chi connectivity index (χ1n) is 6.39. The van der Waals surface area contributed by atoms with Gasteiger partial charge in [0.1, 0.15) is 0 Å². The highest BCUT2D eigenvalue weighted by Gasteiger charge is 2.42. The molecule has 0 radical (unpaired) electrons. The van der Waals surface area contributed by atoms with E-state index in [2.05, 4.69) is 32.7 Å². The van der Waals surface area contributed by atoms with E-state index in [-0.39, 0.29) is 0 Å². The van der Waals surface area contributed by atoms with Crippen LogP contribution in [0.15, 0.2) is 0 Å². The molecule has 2 N–H and O–H groups in total. The first kappa shape index (κ1) is 13.0. The van der Waals surface area contributed by atoms with E-state index in [1.807, 2.05) is 0 Å². The quantitative estimate of drug-likeness (QED) is 0.702. The van der Waals surface area contributed by atoms with Crippen molar-refractivity contribution in [3.8, 4) is 0 Å². The zero-order valence-corrected chi connectivity index (χ0v) is 10.9. The van der Waals surface area contributed by atoms with E-state index in [0.29, 0.717) is 11.5 Å². The Morgan fingerprint density at radius 3 is 2.27 bits per heavy atom. The summed E-state index contributed by atoms with van der Waals surface area (Å²) in [5, 5.41) is 0. The molecule has 1 fully saturated rings. The van der Waals surface area contributed by atoms with Gasteiger partial charge in [0.15, 0.2) is 0 Å². The third-order valence-electron chi connectivity index (χ3n) is 3.78. The average molecular weight is 212 g/mol. The molecule has 1 aliphatic carbocycles. The number of nitrogens with zero attached hydrogens (tertiary/aromatic N) is 1. The number of hydrogen-bond donors (Lipinski definition) is 1. The molecule has 0 bridgehead atoms. The summed E-state index contributed by atoms with van der Waals surface area (Å²) in [6.45, 7) is 9.05. The van der Waals surface area contributed by atoms with Crippen molar-refractivity contribution >= 4 is 0 Å². The van der Waals surface area contributed by atoms with Crippen LogP contribution >= 0.6 is 0 Å². The fourth-order valence-corrected chi connectivity index (χ4v) is 2.52. The van der Waals surface area contributed by atoms with E-state index >= 15 is 0 Å². The van der Waals surface area contributed by atoms with Crippen LogP contribution in [0.4, 0.5) is 0 Å². The van der Waals surface area contributed by atoms with Gasteiger partial charge in [-0.3, -0.25) is 0 Å². The molecule has 0 heterocycles. The fourth-order valence-electron chi connectivity index (χ4n) is 2.52. The van der Waals surface area contributed by atoms with Crippen molar-refractivity contribution in [3.63, 3.8) is 0 Å². The summed E-state index contributed by atoms with van der Waals surface area (Å²) < 4.78 is 0.